The summed E-state index contributed by atoms with van der Waals surface area (Å²) in [6, 6.07) is 0. The Morgan fingerprint density at radius 1 is 1.64 bits per heavy atom. The van der Waals surface area contributed by atoms with E-state index >= 15 is 0 Å². The molecule has 0 saturated carbocycles. The van der Waals surface area contributed by atoms with Gasteiger partial charge in [0.15, 0.2) is 6.29 Å². The number of aromatic nitrogens is 1. The minimum absolute atomic E-state index is 0.205. The van der Waals surface area contributed by atoms with Crippen LogP contribution in [0, 0.1) is 0 Å². The van der Waals surface area contributed by atoms with E-state index in [1.807, 2.05) is 0 Å². The number of nitrogens with zero attached hydrogens (tertiary/aromatic N) is 1. The molecule has 14 heavy (non-hydrogen) atoms. The van der Waals surface area contributed by atoms with Crippen molar-refractivity contribution in [3.63, 3.8) is 0 Å². The van der Waals surface area contributed by atoms with E-state index in [0.29, 0.717) is 18.4 Å². The largest absolute Gasteiger partial charge is 0.375 e. The highest BCUT2D eigenvalue weighted by Crippen LogP contribution is 2.08. The van der Waals surface area contributed by atoms with Crippen LogP contribution in [0.25, 0.3) is 0 Å². The van der Waals surface area contributed by atoms with E-state index in [4.69, 9.17) is 0 Å². The zero-order valence-electron chi connectivity index (χ0n) is 7.28. The normalized spacial score (nSPS) is 10.8. The molecular formula is C8H9F2NO2S. The topological polar surface area (TPSA) is 39.2 Å². The Balaban J connectivity index is 2.21. The van der Waals surface area contributed by atoms with Crippen molar-refractivity contribution in [2.75, 3.05) is 13.2 Å². The molecule has 0 unspecified atom stereocenters. The number of hydrogen-bond acceptors (Lipinski definition) is 4. The Morgan fingerprint density at radius 3 is 3.00 bits per heavy atom. The molecule has 1 aromatic heterocycles. The molecule has 1 aromatic rings. The number of rotatable bonds is 6. The molecule has 0 fully saturated rings. The molecule has 0 spiro atoms. The van der Waals surface area contributed by atoms with Crippen molar-refractivity contribution in [2.45, 2.75) is 12.8 Å². The first-order chi connectivity index (χ1) is 6.72. The number of carbonyl (C=O) groups excluding carboxylic acids is 1. The van der Waals surface area contributed by atoms with Gasteiger partial charge < -0.3 is 4.74 Å². The van der Waals surface area contributed by atoms with E-state index in [-0.39, 0.29) is 6.61 Å². The number of halogens is 2. The summed E-state index contributed by atoms with van der Waals surface area (Å²) in [7, 11) is 0. The summed E-state index contributed by atoms with van der Waals surface area (Å²) in [5.74, 6) is 0. The van der Waals surface area contributed by atoms with Gasteiger partial charge in [0.1, 0.15) is 12.3 Å². The number of ether oxygens (including phenoxy) is 1. The van der Waals surface area contributed by atoms with E-state index in [1.165, 1.54) is 11.3 Å². The Hall–Kier alpha value is -0.880. The van der Waals surface area contributed by atoms with Crippen LogP contribution in [0.3, 0.4) is 0 Å². The van der Waals surface area contributed by atoms with Gasteiger partial charge >= 0.3 is 0 Å². The average molecular weight is 221 g/mol. The molecule has 1 rings (SSSR count). The van der Waals surface area contributed by atoms with Crippen molar-refractivity contribution in [2.24, 2.45) is 0 Å². The fourth-order valence-electron chi connectivity index (χ4n) is 0.826. The maximum absolute atomic E-state index is 11.6. The molecule has 0 aliphatic heterocycles. The first-order valence-corrected chi connectivity index (χ1v) is 4.86. The summed E-state index contributed by atoms with van der Waals surface area (Å²) in [5, 5.41) is 2.34. The zero-order chi connectivity index (χ0) is 10.4. The maximum atomic E-state index is 11.6. The van der Waals surface area contributed by atoms with Crippen LogP contribution in [0.1, 0.15) is 15.5 Å². The van der Waals surface area contributed by atoms with Crippen LogP contribution >= 0.6 is 11.3 Å². The van der Waals surface area contributed by atoms with Gasteiger partial charge in [0.05, 0.1) is 11.6 Å². The molecule has 6 heteroatoms. The Kier molecular flexibility index (Phi) is 4.61. The van der Waals surface area contributed by atoms with Gasteiger partial charge in [-0.3, -0.25) is 4.79 Å². The first-order valence-electron chi connectivity index (χ1n) is 3.98. The van der Waals surface area contributed by atoms with Gasteiger partial charge in [0, 0.05) is 11.8 Å². The van der Waals surface area contributed by atoms with Gasteiger partial charge in [0.25, 0.3) is 6.43 Å². The van der Waals surface area contributed by atoms with Crippen LogP contribution in [0.4, 0.5) is 8.78 Å². The van der Waals surface area contributed by atoms with Crippen LogP contribution in [0.5, 0.6) is 0 Å². The molecule has 0 aliphatic carbocycles. The third kappa shape index (κ3) is 3.89. The summed E-state index contributed by atoms with van der Waals surface area (Å²) in [6.07, 6.45) is -1.32. The standard InChI is InChI=1S/C8H9F2NO2S/c9-7(10)4-13-2-1-8-11-6(3-12)5-14-8/h3,5,7H,1-2,4H2. The number of hydrogen-bond donors (Lipinski definition) is 0. The zero-order valence-corrected chi connectivity index (χ0v) is 8.10. The summed E-state index contributed by atoms with van der Waals surface area (Å²) in [5.41, 5.74) is 0.374. The molecule has 0 aliphatic rings. The van der Waals surface area contributed by atoms with Crippen LogP contribution < -0.4 is 0 Å². The molecular weight excluding hydrogens is 212 g/mol. The molecule has 3 nitrogen and oxygen atoms in total. The highest BCUT2D eigenvalue weighted by molar-refractivity contribution is 7.09. The van der Waals surface area contributed by atoms with Crippen molar-refractivity contribution in [1.82, 2.24) is 4.98 Å². The quantitative estimate of drug-likeness (QED) is 0.543. The summed E-state index contributed by atoms with van der Waals surface area (Å²) >= 11 is 1.32. The van der Waals surface area contributed by atoms with Gasteiger partial charge in [-0.15, -0.1) is 11.3 Å². The molecule has 0 amide bonds. The van der Waals surface area contributed by atoms with Crippen molar-refractivity contribution < 1.29 is 18.3 Å². The molecule has 0 bridgehead atoms. The Morgan fingerprint density at radius 2 is 2.43 bits per heavy atom. The van der Waals surface area contributed by atoms with E-state index < -0.39 is 13.0 Å². The lowest BCUT2D eigenvalue weighted by Gasteiger charge is -2.00. The van der Waals surface area contributed by atoms with Gasteiger partial charge in [-0.2, -0.15) is 0 Å². The maximum Gasteiger partial charge on any atom is 0.261 e. The SMILES string of the molecule is O=Cc1csc(CCOCC(F)F)n1. The van der Waals surface area contributed by atoms with E-state index in [0.717, 1.165) is 5.01 Å². The molecule has 0 saturated heterocycles. The predicted octanol–water partition coefficient (Wildman–Crippen LogP) is 1.78. The highest BCUT2D eigenvalue weighted by atomic mass is 32.1. The Labute approximate surface area is 83.7 Å². The molecule has 0 N–H and O–H groups in total. The van der Waals surface area contributed by atoms with Crippen molar-refractivity contribution in [1.29, 1.82) is 0 Å². The smallest absolute Gasteiger partial charge is 0.261 e. The lowest BCUT2D eigenvalue weighted by atomic mass is 10.4. The number of thiazole rings is 1. The monoisotopic (exact) mass is 221 g/mol. The second-order valence-corrected chi connectivity index (χ2v) is 3.44. The lowest BCUT2D eigenvalue weighted by Crippen LogP contribution is -2.06. The van der Waals surface area contributed by atoms with Gasteiger partial charge in [-0.25, -0.2) is 13.8 Å². The van der Waals surface area contributed by atoms with E-state index in [1.54, 1.807) is 5.38 Å². The minimum Gasteiger partial charge on any atom is -0.375 e. The fourth-order valence-corrected chi connectivity index (χ4v) is 1.55. The van der Waals surface area contributed by atoms with Gasteiger partial charge in [-0.1, -0.05) is 0 Å². The van der Waals surface area contributed by atoms with Crippen LogP contribution in [0.15, 0.2) is 5.38 Å². The van der Waals surface area contributed by atoms with Crippen LogP contribution in [-0.4, -0.2) is 30.9 Å². The number of carbonyl (C=O) groups is 1. The highest BCUT2D eigenvalue weighted by Gasteiger charge is 2.03. The van der Waals surface area contributed by atoms with E-state index in [2.05, 4.69) is 9.72 Å². The number of alkyl halides is 2. The lowest BCUT2D eigenvalue weighted by molar-refractivity contribution is 0.0187. The third-order valence-corrected chi connectivity index (χ3v) is 2.32. The fraction of sp³-hybridized carbons (Fsp3) is 0.500. The molecule has 78 valence electrons. The van der Waals surface area contributed by atoms with Crippen molar-refractivity contribution in [3.8, 4) is 0 Å². The number of aldehydes is 1. The summed E-state index contributed by atoms with van der Waals surface area (Å²) in [6.45, 7) is -0.345. The summed E-state index contributed by atoms with van der Waals surface area (Å²) < 4.78 is 27.9. The Bertz CT molecular complexity index is 291. The second-order valence-electron chi connectivity index (χ2n) is 2.50. The van der Waals surface area contributed by atoms with E-state index in [9.17, 15) is 13.6 Å². The van der Waals surface area contributed by atoms with Gasteiger partial charge in [-0.05, 0) is 0 Å². The first kappa shape index (κ1) is 11.2. The predicted molar refractivity (Wildman–Crippen MR) is 48.0 cm³/mol. The average Bonchev–Trinajstić information content (AvgIpc) is 2.60. The molecule has 0 radical (unpaired) electrons. The van der Waals surface area contributed by atoms with Crippen LogP contribution in [0.2, 0.25) is 0 Å². The molecule has 0 aromatic carbocycles. The van der Waals surface area contributed by atoms with Crippen LogP contribution in [-0.2, 0) is 11.2 Å². The minimum atomic E-state index is -2.43. The van der Waals surface area contributed by atoms with Crippen molar-refractivity contribution >= 4 is 17.6 Å². The summed E-state index contributed by atoms with van der Waals surface area (Å²) in [4.78, 5) is 14.2. The van der Waals surface area contributed by atoms with Crippen molar-refractivity contribution in [3.05, 3.63) is 16.1 Å². The molecule has 1 heterocycles. The molecule has 0 atom stereocenters. The third-order valence-electron chi connectivity index (χ3n) is 1.39. The second kappa shape index (κ2) is 5.77. The van der Waals surface area contributed by atoms with Gasteiger partial charge in [0.2, 0.25) is 0 Å².